The molecule has 0 aliphatic rings. The molecule has 10 heavy (non-hydrogen) atoms. The number of carboxylic acids is 1. The Labute approximate surface area is 61.6 Å². The summed E-state index contributed by atoms with van der Waals surface area (Å²) < 4.78 is 0. The van der Waals surface area contributed by atoms with E-state index < -0.39 is 5.97 Å². The third kappa shape index (κ3) is 2.21. The molecule has 0 aromatic heterocycles. The molecule has 0 aliphatic carbocycles. The molecule has 0 spiro atoms. The largest absolute Gasteiger partial charge is 0.481 e. The fourth-order valence-electron chi connectivity index (χ4n) is 0.618. The van der Waals surface area contributed by atoms with Gasteiger partial charge >= 0.3 is 5.97 Å². The average molecular weight is 142 g/mol. The van der Waals surface area contributed by atoms with Gasteiger partial charge in [-0.2, -0.15) is 0 Å². The predicted molar refractivity (Wildman–Crippen MR) is 40.8 cm³/mol. The van der Waals surface area contributed by atoms with Crippen LogP contribution in [0.2, 0.25) is 0 Å². The molecule has 0 bridgehead atoms. The van der Waals surface area contributed by atoms with Crippen molar-refractivity contribution in [2.45, 2.75) is 27.7 Å². The van der Waals surface area contributed by atoms with E-state index in [9.17, 15) is 4.79 Å². The normalized spacial score (nSPS) is 12.4. The van der Waals surface area contributed by atoms with Gasteiger partial charge in [-0.3, -0.25) is 4.79 Å². The monoisotopic (exact) mass is 142 g/mol. The number of hydrogen-bond acceptors (Lipinski definition) is 1. The van der Waals surface area contributed by atoms with Crippen molar-refractivity contribution in [2.75, 3.05) is 0 Å². The van der Waals surface area contributed by atoms with Gasteiger partial charge in [0.15, 0.2) is 0 Å². The molecule has 0 aliphatic heterocycles. The Kier molecular flexibility index (Phi) is 3.13. The Bertz CT molecular complexity index is 164. The number of rotatable bonds is 2. The highest BCUT2D eigenvalue weighted by Gasteiger charge is 2.12. The molecule has 0 fully saturated rings. The molecule has 0 amide bonds. The second-order valence-electron chi connectivity index (χ2n) is 2.74. The van der Waals surface area contributed by atoms with Crippen molar-refractivity contribution < 1.29 is 9.90 Å². The fourth-order valence-corrected chi connectivity index (χ4v) is 0.618. The van der Waals surface area contributed by atoms with Crippen LogP contribution >= 0.6 is 0 Å². The summed E-state index contributed by atoms with van der Waals surface area (Å²) in [6, 6.07) is 0. The first-order valence-corrected chi connectivity index (χ1v) is 3.33. The topological polar surface area (TPSA) is 37.3 Å². The van der Waals surface area contributed by atoms with Crippen LogP contribution in [0.4, 0.5) is 0 Å². The first-order chi connectivity index (χ1) is 4.46. The van der Waals surface area contributed by atoms with Gasteiger partial charge in [0.2, 0.25) is 0 Å². The quantitative estimate of drug-likeness (QED) is 0.599. The average Bonchev–Trinajstić information content (AvgIpc) is 1.84. The maximum atomic E-state index is 10.4. The van der Waals surface area contributed by atoms with Crippen LogP contribution in [-0.4, -0.2) is 11.1 Å². The summed E-state index contributed by atoms with van der Waals surface area (Å²) in [5.74, 6) is -1.09. The van der Waals surface area contributed by atoms with Gasteiger partial charge in [0.25, 0.3) is 0 Å². The number of allylic oxidation sites excluding steroid dienone is 1. The second-order valence-corrected chi connectivity index (χ2v) is 2.74. The molecular weight excluding hydrogens is 128 g/mol. The van der Waals surface area contributed by atoms with Crippen LogP contribution in [-0.2, 0) is 4.79 Å². The van der Waals surface area contributed by atoms with Crippen LogP contribution in [0.15, 0.2) is 11.1 Å². The van der Waals surface area contributed by atoms with Crippen molar-refractivity contribution in [1.29, 1.82) is 0 Å². The highest BCUT2D eigenvalue weighted by Crippen LogP contribution is 2.13. The van der Waals surface area contributed by atoms with Gasteiger partial charge in [-0.15, -0.1) is 0 Å². The Morgan fingerprint density at radius 2 is 1.70 bits per heavy atom. The fraction of sp³-hybridized carbons (Fsp3) is 0.625. The summed E-state index contributed by atoms with van der Waals surface area (Å²) in [6.07, 6.45) is 0. The first-order valence-electron chi connectivity index (χ1n) is 3.33. The minimum Gasteiger partial charge on any atom is -0.481 e. The van der Waals surface area contributed by atoms with E-state index in [1.54, 1.807) is 6.92 Å². The lowest BCUT2D eigenvalue weighted by Crippen LogP contribution is -2.11. The number of hydrogen-bond donors (Lipinski definition) is 1. The minimum absolute atomic E-state index is 0.343. The molecule has 0 saturated heterocycles. The zero-order valence-corrected chi connectivity index (χ0v) is 6.93. The van der Waals surface area contributed by atoms with E-state index in [2.05, 4.69) is 0 Å². The van der Waals surface area contributed by atoms with Gasteiger partial charge in [0, 0.05) is 0 Å². The Morgan fingerprint density at radius 3 is 1.80 bits per heavy atom. The lowest BCUT2D eigenvalue weighted by molar-refractivity contribution is -0.139. The summed E-state index contributed by atoms with van der Waals surface area (Å²) >= 11 is 0. The molecule has 0 rings (SSSR count). The van der Waals surface area contributed by atoms with Crippen molar-refractivity contribution in [3.05, 3.63) is 11.1 Å². The Morgan fingerprint density at radius 1 is 1.30 bits per heavy atom. The van der Waals surface area contributed by atoms with E-state index in [1.165, 1.54) is 0 Å². The number of aliphatic carboxylic acids is 1. The number of carboxylic acid groups (broad SMARTS) is 1. The molecule has 2 nitrogen and oxygen atoms in total. The highest BCUT2D eigenvalue weighted by molar-refractivity contribution is 5.73. The van der Waals surface area contributed by atoms with E-state index in [4.69, 9.17) is 5.11 Å². The molecule has 0 heterocycles. The van der Waals surface area contributed by atoms with E-state index in [1.807, 2.05) is 20.8 Å². The Balaban J connectivity index is 4.37. The molecule has 1 atom stereocenters. The van der Waals surface area contributed by atoms with Crippen LogP contribution in [0.3, 0.4) is 0 Å². The molecule has 0 radical (unpaired) electrons. The summed E-state index contributed by atoms with van der Waals surface area (Å²) in [7, 11) is 0. The molecule has 58 valence electrons. The lowest BCUT2D eigenvalue weighted by Gasteiger charge is -2.07. The summed E-state index contributed by atoms with van der Waals surface area (Å²) in [6.45, 7) is 7.41. The molecule has 1 unspecified atom stereocenters. The Hall–Kier alpha value is -0.790. The molecule has 0 aromatic carbocycles. The standard InChI is InChI=1S/C8H14O2/c1-5(2)6(3)7(4)8(9)10/h7H,1-4H3,(H,9,10). The maximum Gasteiger partial charge on any atom is 0.310 e. The lowest BCUT2D eigenvalue weighted by atomic mass is 9.99. The van der Waals surface area contributed by atoms with Crippen molar-refractivity contribution in [2.24, 2.45) is 5.92 Å². The zero-order valence-electron chi connectivity index (χ0n) is 6.93. The molecule has 2 heteroatoms. The zero-order chi connectivity index (χ0) is 8.31. The van der Waals surface area contributed by atoms with E-state index in [0.717, 1.165) is 11.1 Å². The van der Waals surface area contributed by atoms with Gasteiger partial charge in [-0.05, 0) is 27.7 Å². The highest BCUT2D eigenvalue weighted by atomic mass is 16.4. The van der Waals surface area contributed by atoms with Crippen LogP contribution in [0.5, 0.6) is 0 Å². The van der Waals surface area contributed by atoms with Crippen molar-refractivity contribution in [3.8, 4) is 0 Å². The van der Waals surface area contributed by atoms with Gasteiger partial charge in [-0.1, -0.05) is 11.1 Å². The maximum absolute atomic E-state index is 10.4. The third-order valence-electron chi connectivity index (χ3n) is 1.81. The van der Waals surface area contributed by atoms with Crippen LogP contribution in [0, 0.1) is 5.92 Å². The third-order valence-corrected chi connectivity index (χ3v) is 1.81. The van der Waals surface area contributed by atoms with E-state index in [-0.39, 0.29) is 5.92 Å². The van der Waals surface area contributed by atoms with Crippen LogP contribution in [0.25, 0.3) is 0 Å². The van der Waals surface area contributed by atoms with Crippen LogP contribution in [0.1, 0.15) is 27.7 Å². The second kappa shape index (κ2) is 3.40. The van der Waals surface area contributed by atoms with E-state index >= 15 is 0 Å². The summed E-state index contributed by atoms with van der Waals surface area (Å²) in [5, 5.41) is 8.57. The van der Waals surface area contributed by atoms with E-state index in [0.29, 0.717) is 0 Å². The van der Waals surface area contributed by atoms with Gasteiger partial charge < -0.3 is 5.11 Å². The van der Waals surface area contributed by atoms with Crippen molar-refractivity contribution in [1.82, 2.24) is 0 Å². The van der Waals surface area contributed by atoms with Gasteiger partial charge in [-0.25, -0.2) is 0 Å². The first kappa shape index (κ1) is 9.21. The van der Waals surface area contributed by atoms with Crippen molar-refractivity contribution >= 4 is 5.97 Å². The molecular formula is C8H14O2. The minimum atomic E-state index is -0.751. The number of carbonyl (C=O) groups is 1. The SMILES string of the molecule is CC(C)=C(C)C(C)C(=O)O. The summed E-state index contributed by atoms with van der Waals surface area (Å²) in [4.78, 5) is 10.4. The molecule has 1 N–H and O–H groups in total. The smallest absolute Gasteiger partial charge is 0.310 e. The predicted octanol–water partition coefficient (Wildman–Crippen LogP) is 2.06. The molecule has 0 saturated carbocycles. The van der Waals surface area contributed by atoms with Gasteiger partial charge in [0.05, 0.1) is 5.92 Å². The van der Waals surface area contributed by atoms with Gasteiger partial charge in [0.1, 0.15) is 0 Å². The van der Waals surface area contributed by atoms with Crippen molar-refractivity contribution in [3.63, 3.8) is 0 Å². The van der Waals surface area contributed by atoms with Crippen LogP contribution < -0.4 is 0 Å². The molecule has 0 aromatic rings. The summed E-state index contributed by atoms with van der Waals surface area (Å²) in [5.41, 5.74) is 2.04.